The summed E-state index contributed by atoms with van der Waals surface area (Å²) in [5.41, 5.74) is 0.704. The van der Waals surface area contributed by atoms with Crippen LogP contribution in [-0.2, 0) is 5.33 Å². The highest BCUT2D eigenvalue weighted by molar-refractivity contribution is 9.08. The molecule has 1 N–H and O–H groups in total. The molecule has 0 bridgehead atoms. The topological polar surface area (TPSA) is 29.1 Å². The average molecular weight is 344 g/mol. The fourth-order valence-electron chi connectivity index (χ4n) is 1.65. The second-order valence-corrected chi connectivity index (χ2v) is 4.53. The third-order valence-electron chi connectivity index (χ3n) is 2.69. The molecule has 2 rings (SSSR count). The predicted molar refractivity (Wildman–Crippen MR) is 73.3 cm³/mol. The van der Waals surface area contributed by atoms with Crippen molar-refractivity contribution in [3.8, 4) is 0 Å². The first-order chi connectivity index (χ1) is 9.54. The van der Waals surface area contributed by atoms with Gasteiger partial charge in [-0.15, -0.1) is 0 Å². The van der Waals surface area contributed by atoms with Crippen LogP contribution in [0.2, 0.25) is 0 Å². The van der Waals surface area contributed by atoms with E-state index in [0.29, 0.717) is 17.1 Å². The average Bonchev–Trinajstić information content (AvgIpc) is 2.45. The molecule has 0 spiro atoms. The van der Waals surface area contributed by atoms with E-state index in [1.807, 2.05) is 0 Å². The summed E-state index contributed by atoms with van der Waals surface area (Å²) in [6, 6.07) is 8.50. The summed E-state index contributed by atoms with van der Waals surface area (Å²) in [5.74, 6) is -5.33. The molecule has 0 aliphatic carbocycles. The lowest BCUT2D eigenvalue weighted by Gasteiger charge is -2.10. The van der Waals surface area contributed by atoms with Gasteiger partial charge in [-0.3, -0.25) is 4.79 Å². The van der Waals surface area contributed by atoms with Gasteiger partial charge in [0, 0.05) is 11.0 Å². The predicted octanol–water partition coefficient (Wildman–Crippen LogP) is 4.25. The smallest absolute Gasteiger partial charge is 0.258 e. The zero-order chi connectivity index (χ0) is 14.7. The van der Waals surface area contributed by atoms with E-state index in [0.717, 1.165) is 11.6 Å². The van der Waals surface area contributed by atoms with E-state index < -0.39 is 28.9 Å². The Hall–Kier alpha value is -1.82. The standard InChI is InChI=1S/C14H9BrF3NO/c15-7-8-3-1-2-4-11(8)19-14(20)9-5-6-10(16)13(18)12(9)17/h1-6H,7H2,(H,19,20). The number of alkyl halides is 1. The van der Waals surface area contributed by atoms with Gasteiger partial charge in [-0.05, 0) is 23.8 Å². The van der Waals surface area contributed by atoms with E-state index >= 15 is 0 Å². The highest BCUT2D eigenvalue weighted by atomic mass is 79.9. The maximum Gasteiger partial charge on any atom is 0.258 e. The Kier molecular flexibility index (Phi) is 4.44. The van der Waals surface area contributed by atoms with Crippen LogP contribution in [0.4, 0.5) is 18.9 Å². The molecule has 2 aromatic rings. The van der Waals surface area contributed by atoms with E-state index in [9.17, 15) is 18.0 Å². The van der Waals surface area contributed by atoms with Crippen molar-refractivity contribution in [2.24, 2.45) is 0 Å². The molecule has 0 fully saturated rings. The van der Waals surface area contributed by atoms with Crippen molar-refractivity contribution in [3.63, 3.8) is 0 Å². The number of hydrogen-bond acceptors (Lipinski definition) is 1. The van der Waals surface area contributed by atoms with Gasteiger partial charge >= 0.3 is 0 Å². The molecule has 0 aliphatic rings. The molecule has 0 saturated heterocycles. The van der Waals surface area contributed by atoms with Gasteiger partial charge in [-0.2, -0.15) is 0 Å². The fourth-order valence-corrected chi connectivity index (χ4v) is 2.14. The minimum absolute atomic E-state index is 0.471. The normalized spacial score (nSPS) is 10.4. The first-order valence-electron chi connectivity index (χ1n) is 5.63. The van der Waals surface area contributed by atoms with Crippen LogP contribution >= 0.6 is 15.9 Å². The van der Waals surface area contributed by atoms with Gasteiger partial charge in [0.05, 0.1) is 5.56 Å². The van der Waals surface area contributed by atoms with Gasteiger partial charge < -0.3 is 5.32 Å². The number of amides is 1. The van der Waals surface area contributed by atoms with Gasteiger partial charge in [-0.25, -0.2) is 13.2 Å². The monoisotopic (exact) mass is 343 g/mol. The summed E-state index contributed by atoms with van der Waals surface area (Å²) >= 11 is 3.26. The lowest BCUT2D eigenvalue weighted by Crippen LogP contribution is -2.16. The number of nitrogens with one attached hydrogen (secondary N) is 1. The summed E-state index contributed by atoms with van der Waals surface area (Å²) in [6.45, 7) is 0. The van der Waals surface area contributed by atoms with Crippen LogP contribution in [0.5, 0.6) is 0 Å². The molecular weight excluding hydrogens is 335 g/mol. The molecule has 0 aromatic heterocycles. The summed E-state index contributed by atoms with van der Waals surface area (Å²) in [5, 5.41) is 2.96. The Morgan fingerprint density at radius 1 is 1.05 bits per heavy atom. The number of benzene rings is 2. The minimum atomic E-state index is -1.66. The summed E-state index contributed by atoms with van der Waals surface area (Å²) in [6.07, 6.45) is 0. The number of para-hydroxylation sites is 1. The highest BCUT2D eigenvalue weighted by Gasteiger charge is 2.19. The lowest BCUT2D eigenvalue weighted by atomic mass is 10.1. The minimum Gasteiger partial charge on any atom is -0.322 e. The van der Waals surface area contributed by atoms with Gasteiger partial charge in [0.15, 0.2) is 17.5 Å². The van der Waals surface area contributed by atoms with Crippen molar-refractivity contribution < 1.29 is 18.0 Å². The Balaban J connectivity index is 2.31. The first-order valence-corrected chi connectivity index (χ1v) is 6.75. The number of halogens is 4. The summed E-state index contributed by atoms with van der Waals surface area (Å²) < 4.78 is 39.4. The number of anilines is 1. The van der Waals surface area contributed by atoms with Crippen LogP contribution in [0.1, 0.15) is 15.9 Å². The fraction of sp³-hybridized carbons (Fsp3) is 0.0714. The molecular formula is C14H9BrF3NO. The molecule has 0 aliphatic heterocycles. The van der Waals surface area contributed by atoms with Crippen molar-refractivity contribution in [3.05, 3.63) is 65.0 Å². The van der Waals surface area contributed by atoms with Crippen molar-refractivity contribution in [2.75, 3.05) is 5.32 Å². The maximum atomic E-state index is 13.5. The zero-order valence-corrected chi connectivity index (χ0v) is 11.7. The second kappa shape index (κ2) is 6.09. The Morgan fingerprint density at radius 3 is 2.45 bits per heavy atom. The second-order valence-electron chi connectivity index (χ2n) is 3.97. The van der Waals surface area contributed by atoms with Crippen LogP contribution < -0.4 is 5.32 Å². The molecule has 20 heavy (non-hydrogen) atoms. The van der Waals surface area contributed by atoms with Crippen molar-refractivity contribution in [1.82, 2.24) is 0 Å². The van der Waals surface area contributed by atoms with Gasteiger partial charge in [-0.1, -0.05) is 34.1 Å². The molecule has 0 saturated carbocycles. The highest BCUT2D eigenvalue weighted by Crippen LogP contribution is 2.20. The molecule has 0 unspecified atom stereocenters. The lowest BCUT2D eigenvalue weighted by molar-refractivity contribution is 0.102. The quantitative estimate of drug-likeness (QED) is 0.655. The van der Waals surface area contributed by atoms with E-state index in [1.165, 1.54) is 0 Å². The van der Waals surface area contributed by atoms with Crippen molar-refractivity contribution in [2.45, 2.75) is 5.33 Å². The van der Waals surface area contributed by atoms with Crippen LogP contribution in [0, 0.1) is 17.5 Å². The summed E-state index contributed by atoms with van der Waals surface area (Å²) in [4.78, 5) is 11.9. The molecule has 0 atom stereocenters. The third-order valence-corrected chi connectivity index (χ3v) is 3.29. The van der Waals surface area contributed by atoms with Gasteiger partial charge in [0.1, 0.15) is 0 Å². The third kappa shape index (κ3) is 2.85. The first kappa shape index (κ1) is 14.6. The molecule has 2 nitrogen and oxygen atoms in total. The van der Waals surface area contributed by atoms with Crippen LogP contribution in [0.15, 0.2) is 36.4 Å². The molecule has 6 heteroatoms. The van der Waals surface area contributed by atoms with E-state index in [4.69, 9.17) is 0 Å². The van der Waals surface area contributed by atoms with Crippen LogP contribution in [0.25, 0.3) is 0 Å². The van der Waals surface area contributed by atoms with E-state index in [-0.39, 0.29) is 0 Å². The zero-order valence-electron chi connectivity index (χ0n) is 10.1. The molecule has 0 heterocycles. The van der Waals surface area contributed by atoms with Crippen molar-refractivity contribution in [1.29, 1.82) is 0 Å². The largest absolute Gasteiger partial charge is 0.322 e. The molecule has 0 radical (unpaired) electrons. The molecule has 1 amide bonds. The maximum absolute atomic E-state index is 13.5. The number of rotatable bonds is 3. The van der Waals surface area contributed by atoms with Crippen molar-refractivity contribution >= 4 is 27.5 Å². The number of hydrogen-bond donors (Lipinski definition) is 1. The van der Waals surface area contributed by atoms with E-state index in [2.05, 4.69) is 21.2 Å². The molecule has 104 valence electrons. The SMILES string of the molecule is O=C(Nc1ccccc1CBr)c1ccc(F)c(F)c1F. The van der Waals surface area contributed by atoms with Gasteiger partial charge in [0.2, 0.25) is 0 Å². The van der Waals surface area contributed by atoms with Crippen LogP contribution in [0.3, 0.4) is 0 Å². The number of carbonyl (C=O) groups excluding carboxylic acids is 1. The Bertz CT molecular complexity index is 661. The van der Waals surface area contributed by atoms with Gasteiger partial charge in [0.25, 0.3) is 5.91 Å². The van der Waals surface area contributed by atoms with E-state index in [1.54, 1.807) is 24.3 Å². The Labute approximate surface area is 121 Å². The molecule has 2 aromatic carbocycles. The summed E-state index contributed by atoms with van der Waals surface area (Å²) in [7, 11) is 0. The number of carbonyl (C=O) groups is 1. The Morgan fingerprint density at radius 2 is 1.75 bits per heavy atom. The van der Waals surface area contributed by atoms with Crippen LogP contribution in [-0.4, -0.2) is 5.91 Å².